The number of Topliss-reactive ketones (excluding diaryl/α,β-unsaturated/α-hetero) is 1. The fourth-order valence-corrected chi connectivity index (χ4v) is 10.9. The van der Waals surface area contributed by atoms with Gasteiger partial charge in [0.25, 0.3) is 8.53 Å². The number of ether oxygens (including phenoxy) is 6. The van der Waals surface area contributed by atoms with Gasteiger partial charge in [0, 0.05) is 24.0 Å². The Morgan fingerprint density at radius 3 is 2.00 bits per heavy atom. The van der Waals surface area contributed by atoms with Crippen LogP contribution in [0, 0.1) is 0 Å². The minimum atomic E-state index is -2.11. The molecular weight excluding hydrogens is 991 g/mol. The fourth-order valence-electron chi connectivity index (χ4n) is 8.27. The van der Waals surface area contributed by atoms with Crippen molar-refractivity contribution in [2.24, 2.45) is 0 Å². The number of para-hydroxylation sites is 1. The molecule has 5 aromatic rings. The third kappa shape index (κ3) is 14.7. The number of halogens is 1. The van der Waals surface area contributed by atoms with Crippen LogP contribution in [-0.4, -0.2) is 114 Å². The summed E-state index contributed by atoms with van der Waals surface area (Å²) < 4.78 is 69.7. The highest BCUT2D eigenvalue weighted by Crippen LogP contribution is 2.51. The first-order valence-electron chi connectivity index (χ1n) is 24.2. The molecular formula is C55H66FN4O12PS. The number of aromatic nitrogens is 2. The number of nitrogens with one attached hydrogen (secondary N) is 1. The van der Waals surface area contributed by atoms with Crippen LogP contribution >= 0.6 is 20.3 Å². The summed E-state index contributed by atoms with van der Waals surface area (Å²) in [6.07, 6.45) is -4.33. The van der Waals surface area contributed by atoms with E-state index in [9.17, 15) is 19.2 Å². The molecule has 1 aliphatic heterocycles. The Bertz CT molecular complexity index is 2610. The monoisotopic (exact) mass is 1060 g/mol. The molecule has 0 radical (unpaired) electrons. The van der Waals surface area contributed by atoms with Gasteiger partial charge in [-0.05, 0) is 101 Å². The number of methoxy groups -OCH3 is 2. The SMILES string of the molecule is C=CCOC(=O)NC(C)(C)C(=O)SCCOP(OC1C(COC(c2ccccc2)(c2ccc(OC)cc2)c2ccc(OC)cc2)OC(n2ccc(CC(=O)COc3ccccc3)nc2=O)C1F)N(C(C)C)C(C)C. The van der Waals surface area contributed by atoms with Crippen molar-refractivity contribution in [3.8, 4) is 17.2 Å². The smallest absolute Gasteiger partial charge is 0.408 e. The van der Waals surface area contributed by atoms with Crippen LogP contribution < -0.4 is 25.2 Å². The molecule has 6 rings (SSSR count). The standard InChI is InChI=1S/C55H66FN4O12PS/c1-10-31-67-53(64)58-54(6,7)51(62)74-33-32-70-73(60(37(2)3)38(4)5)72-49-47(71-50(48(49)56)59-30-29-42(57-52(59)63)34-43(61)35-68-46-19-15-12-16-20-46)36-69-55(39-17-13-11-14-18-39,40-21-25-44(65-8)26-22-40)41-23-27-45(66-9)28-24-41/h10-30,37-38,47-50H,1,31-36H2,2-9H3,(H,58,64). The molecule has 1 amide bonds. The van der Waals surface area contributed by atoms with Gasteiger partial charge < -0.3 is 42.8 Å². The van der Waals surface area contributed by atoms with Gasteiger partial charge >= 0.3 is 11.8 Å². The first-order chi connectivity index (χ1) is 35.5. The maximum absolute atomic E-state index is 17.8. The van der Waals surface area contributed by atoms with Crippen molar-refractivity contribution in [1.29, 1.82) is 0 Å². The number of alkyl halides is 1. The third-order valence-electron chi connectivity index (χ3n) is 11.8. The quantitative estimate of drug-likeness (QED) is 0.0228. The maximum Gasteiger partial charge on any atom is 0.408 e. The molecule has 396 valence electrons. The van der Waals surface area contributed by atoms with Crippen LogP contribution in [0.4, 0.5) is 9.18 Å². The molecule has 0 bridgehead atoms. The number of amides is 1. The average Bonchev–Trinajstić information content (AvgIpc) is 3.69. The van der Waals surface area contributed by atoms with E-state index in [2.05, 4.69) is 16.9 Å². The molecule has 0 saturated carbocycles. The van der Waals surface area contributed by atoms with Gasteiger partial charge in [0.2, 0.25) is 5.12 Å². The number of nitrogens with zero attached hydrogens (tertiary/aromatic N) is 3. The number of hydrogen-bond acceptors (Lipinski definition) is 15. The summed E-state index contributed by atoms with van der Waals surface area (Å²) in [6.45, 7) is 14.0. The Morgan fingerprint density at radius 2 is 1.45 bits per heavy atom. The molecule has 74 heavy (non-hydrogen) atoms. The topological polar surface area (TPSA) is 175 Å². The van der Waals surface area contributed by atoms with Gasteiger partial charge in [-0.2, -0.15) is 4.98 Å². The van der Waals surface area contributed by atoms with Gasteiger partial charge in [0.1, 0.15) is 53.8 Å². The second-order valence-corrected chi connectivity index (χ2v) is 20.7. The van der Waals surface area contributed by atoms with E-state index in [-0.39, 0.29) is 67.3 Å². The van der Waals surface area contributed by atoms with Crippen molar-refractivity contribution in [2.75, 3.05) is 46.4 Å². The Morgan fingerprint density at radius 1 is 0.865 bits per heavy atom. The summed E-state index contributed by atoms with van der Waals surface area (Å²) in [6, 6.07) is 34.5. The zero-order valence-corrected chi connectivity index (χ0v) is 44.7. The van der Waals surface area contributed by atoms with Gasteiger partial charge in [-0.15, -0.1) is 0 Å². The number of carbonyl (C=O) groups excluding carboxylic acids is 3. The minimum absolute atomic E-state index is 0.00380. The zero-order chi connectivity index (χ0) is 53.4. The molecule has 1 fully saturated rings. The number of thioether (sulfide) groups is 1. The van der Waals surface area contributed by atoms with Crippen LogP contribution in [0.25, 0.3) is 0 Å². The minimum Gasteiger partial charge on any atom is -0.497 e. The lowest BCUT2D eigenvalue weighted by molar-refractivity contribution is -0.120. The summed E-state index contributed by atoms with van der Waals surface area (Å²) in [5, 5.41) is 2.24. The van der Waals surface area contributed by atoms with Crippen LogP contribution in [0.3, 0.4) is 0 Å². The zero-order valence-electron chi connectivity index (χ0n) is 43.0. The van der Waals surface area contributed by atoms with E-state index >= 15 is 4.39 Å². The summed E-state index contributed by atoms with van der Waals surface area (Å²) in [7, 11) is 1.06. The normalized spacial score (nSPS) is 17.2. The number of hydrogen-bond donors (Lipinski definition) is 1. The van der Waals surface area contributed by atoms with E-state index in [1.807, 2.05) is 117 Å². The highest BCUT2D eigenvalue weighted by Gasteiger charge is 2.51. The van der Waals surface area contributed by atoms with Crippen molar-refractivity contribution >= 4 is 37.3 Å². The average molecular weight is 1060 g/mol. The van der Waals surface area contributed by atoms with E-state index in [1.165, 1.54) is 18.3 Å². The Labute approximate surface area is 437 Å². The number of alkyl carbamates (subject to hydrolysis) is 1. The largest absolute Gasteiger partial charge is 0.497 e. The van der Waals surface area contributed by atoms with Crippen molar-refractivity contribution in [3.63, 3.8) is 0 Å². The molecule has 0 spiro atoms. The Balaban J connectivity index is 1.35. The van der Waals surface area contributed by atoms with Crippen LogP contribution in [0.5, 0.6) is 17.2 Å². The van der Waals surface area contributed by atoms with Gasteiger partial charge in [-0.3, -0.25) is 14.2 Å². The third-order valence-corrected chi connectivity index (χ3v) is 15.1. The molecule has 0 aliphatic carbocycles. The van der Waals surface area contributed by atoms with Gasteiger partial charge in [-0.1, -0.05) is 97.2 Å². The Kier molecular flexibility index (Phi) is 20.9. The summed E-state index contributed by atoms with van der Waals surface area (Å²) in [4.78, 5) is 56.7. The van der Waals surface area contributed by atoms with E-state index < -0.39 is 56.1 Å². The molecule has 1 aliphatic rings. The highest BCUT2D eigenvalue weighted by molar-refractivity contribution is 8.13. The fraction of sp³-hybridized carbons (Fsp3) is 0.400. The first-order valence-corrected chi connectivity index (χ1v) is 26.3. The number of benzene rings is 4. The van der Waals surface area contributed by atoms with E-state index in [0.717, 1.165) is 21.9 Å². The van der Waals surface area contributed by atoms with Gasteiger partial charge in [-0.25, -0.2) is 18.6 Å². The molecule has 1 N–H and O–H groups in total. The molecule has 5 atom stereocenters. The van der Waals surface area contributed by atoms with Crippen LogP contribution in [-0.2, 0) is 44.9 Å². The Hall–Kier alpha value is -5.98. The molecule has 1 saturated heterocycles. The molecule has 16 nitrogen and oxygen atoms in total. The van der Waals surface area contributed by atoms with Gasteiger partial charge in [0.15, 0.2) is 18.2 Å². The number of carbonyl (C=O) groups is 3. The molecule has 4 aromatic carbocycles. The van der Waals surface area contributed by atoms with E-state index in [0.29, 0.717) is 28.4 Å². The number of ketones is 1. The lowest BCUT2D eigenvalue weighted by atomic mass is 9.80. The predicted molar refractivity (Wildman–Crippen MR) is 282 cm³/mol. The highest BCUT2D eigenvalue weighted by atomic mass is 32.2. The number of rotatable bonds is 27. The van der Waals surface area contributed by atoms with Crippen LogP contribution in [0.15, 0.2) is 139 Å². The molecule has 19 heteroatoms. The predicted octanol–water partition coefficient (Wildman–Crippen LogP) is 9.39. The van der Waals surface area contributed by atoms with Crippen molar-refractivity contribution < 1.29 is 56.2 Å². The first kappa shape index (κ1) is 57.3. The second kappa shape index (κ2) is 27.0. The van der Waals surface area contributed by atoms with Crippen molar-refractivity contribution in [3.05, 3.63) is 167 Å². The van der Waals surface area contributed by atoms with Crippen molar-refractivity contribution in [1.82, 2.24) is 19.5 Å². The van der Waals surface area contributed by atoms with E-state index in [1.54, 1.807) is 52.3 Å². The van der Waals surface area contributed by atoms with Crippen molar-refractivity contribution in [2.45, 2.75) is 95.8 Å². The maximum atomic E-state index is 17.8. The summed E-state index contributed by atoms with van der Waals surface area (Å²) in [5.74, 6) is 1.60. The lowest BCUT2D eigenvalue weighted by Gasteiger charge is -2.39. The van der Waals surface area contributed by atoms with Crippen LogP contribution in [0.2, 0.25) is 0 Å². The molecule has 5 unspecified atom stereocenters. The summed E-state index contributed by atoms with van der Waals surface area (Å²) in [5.41, 5.74) is -1.12. The summed E-state index contributed by atoms with van der Waals surface area (Å²) >= 11 is 0.952. The molecule has 1 aromatic heterocycles. The lowest BCUT2D eigenvalue weighted by Crippen LogP contribution is -2.49. The molecule has 2 heterocycles. The van der Waals surface area contributed by atoms with Crippen LogP contribution in [0.1, 0.15) is 70.2 Å². The van der Waals surface area contributed by atoms with Gasteiger partial charge in [0.05, 0.1) is 39.5 Å². The van der Waals surface area contributed by atoms with E-state index in [4.69, 9.17) is 37.5 Å². The second-order valence-electron chi connectivity index (χ2n) is 18.2.